The summed E-state index contributed by atoms with van der Waals surface area (Å²) in [6.45, 7) is 2.22. The Morgan fingerprint density at radius 1 is 1.26 bits per heavy atom. The molecule has 2 aliphatic rings. The number of anilines is 1. The van der Waals surface area contributed by atoms with Crippen LogP contribution in [0.4, 0.5) is 5.95 Å². The molecule has 1 saturated heterocycles. The maximum absolute atomic E-state index is 12.3. The van der Waals surface area contributed by atoms with Crippen molar-refractivity contribution in [2.24, 2.45) is 0 Å². The van der Waals surface area contributed by atoms with E-state index in [1.807, 2.05) is 10.8 Å². The topological polar surface area (TPSA) is 95.9 Å². The van der Waals surface area contributed by atoms with Crippen LogP contribution in [0.2, 0.25) is 0 Å². The number of aromatic nitrogens is 4. The summed E-state index contributed by atoms with van der Waals surface area (Å²) < 4.78 is 1.90. The summed E-state index contributed by atoms with van der Waals surface area (Å²) in [6.07, 6.45) is 11.4. The van der Waals surface area contributed by atoms with Crippen LogP contribution < -0.4 is 15.8 Å². The lowest BCUT2D eigenvalue weighted by Crippen LogP contribution is -2.45. The lowest BCUT2D eigenvalue weighted by molar-refractivity contribution is -0.122. The molecule has 27 heavy (non-hydrogen) atoms. The smallest absolute Gasteiger partial charge is 0.255 e. The Morgan fingerprint density at radius 3 is 2.85 bits per heavy atom. The lowest BCUT2D eigenvalue weighted by atomic mass is 9.97. The number of fused-ring (bicyclic) bond motifs is 1. The monoisotopic (exact) mass is 370 g/mol. The molecule has 1 aliphatic heterocycles. The molecule has 1 fully saturated rings. The molecule has 1 amide bonds. The van der Waals surface area contributed by atoms with Crippen LogP contribution >= 0.6 is 0 Å². The van der Waals surface area contributed by atoms with Crippen molar-refractivity contribution in [1.29, 1.82) is 0 Å². The molecule has 144 valence electrons. The molecule has 8 nitrogen and oxygen atoms in total. The summed E-state index contributed by atoms with van der Waals surface area (Å²) >= 11 is 0. The summed E-state index contributed by atoms with van der Waals surface area (Å²) in [7, 11) is 0. The Kier molecular flexibility index (Phi) is 5.22. The number of aryl methyl sites for hydroxylation is 2. The normalized spacial score (nSPS) is 17.6. The van der Waals surface area contributed by atoms with E-state index in [-0.39, 0.29) is 17.5 Å². The number of nitrogens with one attached hydrogen (secondary N) is 2. The molecular formula is C19H26N6O2. The molecule has 2 aromatic heterocycles. The van der Waals surface area contributed by atoms with Gasteiger partial charge in [-0.25, -0.2) is 9.97 Å². The van der Waals surface area contributed by atoms with Gasteiger partial charge >= 0.3 is 0 Å². The second-order valence-corrected chi connectivity index (χ2v) is 7.40. The van der Waals surface area contributed by atoms with E-state index in [2.05, 4.69) is 20.2 Å². The van der Waals surface area contributed by atoms with Crippen LogP contribution in [0, 0.1) is 0 Å². The second kappa shape index (κ2) is 7.94. The minimum absolute atomic E-state index is 0.0182. The zero-order valence-corrected chi connectivity index (χ0v) is 15.5. The van der Waals surface area contributed by atoms with Gasteiger partial charge in [0, 0.05) is 50.1 Å². The van der Waals surface area contributed by atoms with E-state index in [1.165, 1.54) is 0 Å². The standard InChI is InChI=1S/C19H26N6O2/c26-17(7-9-24-12-8-20-13-24)21-14-5-10-25(11-6-14)19-22-16-4-2-1-3-15(16)18(27)23-19/h8,12-14H,1-7,9-11H2,(H,21,26)(H,22,23,27). The van der Waals surface area contributed by atoms with E-state index in [9.17, 15) is 9.59 Å². The van der Waals surface area contributed by atoms with Crippen LogP contribution in [0.15, 0.2) is 23.5 Å². The molecule has 8 heteroatoms. The maximum atomic E-state index is 12.3. The Balaban J connectivity index is 1.29. The van der Waals surface area contributed by atoms with E-state index in [1.54, 1.807) is 12.5 Å². The zero-order valence-electron chi connectivity index (χ0n) is 15.5. The predicted octanol–water partition coefficient (Wildman–Crippen LogP) is 1.02. The number of nitrogens with zero attached hydrogens (tertiary/aromatic N) is 4. The van der Waals surface area contributed by atoms with Crippen molar-refractivity contribution < 1.29 is 4.79 Å². The maximum Gasteiger partial charge on any atom is 0.255 e. The minimum atomic E-state index is 0.0182. The van der Waals surface area contributed by atoms with E-state index in [0.29, 0.717) is 18.9 Å². The quantitative estimate of drug-likeness (QED) is 0.819. The Labute approximate surface area is 158 Å². The largest absolute Gasteiger partial charge is 0.353 e. The van der Waals surface area contributed by atoms with E-state index < -0.39 is 0 Å². The molecule has 0 unspecified atom stereocenters. The average molecular weight is 370 g/mol. The zero-order chi connectivity index (χ0) is 18.6. The van der Waals surface area contributed by atoms with Gasteiger partial charge in [-0.1, -0.05) is 0 Å². The fraction of sp³-hybridized carbons (Fsp3) is 0.579. The third-order valence-corrected chi connectivity index (χ3v) is 5.49. The van der Waals surface area contributed by atoms with Crippen LogP contribution in [-0.2, 0) is 24.2 Å². The SMILES string of the molecule is O=C(CCn1ccnc1)NC1CCN(c2nc3c(c(=O)[nH]2)CCCC3)CC1. The molecular weight excluding hydrogens is 344 g/mol. The number of amides is 1. The number of aromatic amines is 1. The summed E-state index contributed by atoms with van der Waals surface area (Å²) in [6, 6.07) is 0.181. The van der Waals surface area contributed by atoms with Gasteiger partial charge in [-0.2, -0.15) is 0 Å². The number of rotatable bonds is 5. The molecule has 0 radical (unpaired) electrons. The molecule has 0 atom stereocenters. The highest BCUT2D eigenvalue weighted by molar-refractivity contribution is 5.76. The molecule has 0 spiro atoms. The Bertz CT molecular complexity index is 836. The molecule has 2 N–H and O–H groups in total. The average Bonchev–Trinajstić information content (AvgIpc) is 3.21. The fourth-order valence-electron chi connectivity index (χ4n) is 3.93. The Hall–Kier alpha value is -2.64. The molecule has 4 rings (SSSR count). The van der Waals surface area contributed by atoms with E-state index in [0.717, 1.165) is 62.9 Å². The van der Waals surface area contributed by atoms with E-state index >= 15 is 0 Å². The number of hydrogen-bond acceptors (Lipinski definition) is 5. The molecule has 3 heterocycles. The first-order valence-electron chi connectivity index (χ1n) is 9.81. The first kappa shape index (κ1) is 17.8. The van der Waals surface area contributed by atoms with Crippen molar-refractivity contribution in [2.45, 2.75) is 57.5 Å². The van der Waals surface area contributed by atoms with Crippen molar-refractivity contribution in [2.75, 3.05) is 18.0 Å². The third-order valence-electron chi connectivity index (χ3n) is 5.49. The van der Waals surface area contributed by atoms with Crippen LogP contribution in [0.3, 0.4) is 0 Å². The number of H-pyrrole nitrogens is 1. The number of imidazole rings is 1. The molecule has 0 aromatic carbocycles. The summed E-state index contributed by atoms with van der Waals surface area (Å²) in [5, 5.41) is 3.12. The van der Waals surface area contributed by atoms with Crippen molar-refractivity contribution in [3.8, 4) is 0 Å². The molecule has 2 aromatic rings. The van der Waals surface area contributed by atoms with Gasteiger partial charge in [-0.05, 0) is 38.5 Å². The molecule has 0 bridgehead atoms. The van der Waals surface area contributed by atoms with Crippen molar-refractivity contribution in [1.82, 2.24) is 24.8 Å². The van der Waals surface area contributed by atoms with Gasteiger partial charge in [0.25, 0.3) is 5.56 Å². The third kappa shape index (κ3) is 4.20. The van der Waals surface area contributed by atoms with Gasteiger partial charge < -0.3 is 14.8 Å². The van der Waals surface area contributed by atoms with Crippen LogP contribution in [0.5, 0.6) is 0 Å². The summed E-state index contributed by atoms with van der Waals surface area (Å²) in [5.41, 5.74) is 1.85. The van der Waals surface area contributed by atoms with Gasteiger partial charge in [0.1, 0.15) is 0 Å². The summed E-state index contributed by atoms with van der Waals surface area (Å²) in [5.74, 6) is 0.757. The Morgan fingerprint density at radius 2 is 2.07 bits per heavy atom. The predicted molar refractivity (Wildman–Crippen MR) is 102 cm³/mol. The second-order valence-electron chi connectivity index (χ2n) is 7.40. The fourth-order valence-corrected chi connectivity index (χ4v) is 3.93. The first-order chi connectivity index (χ1) is 13.2. The van der Waals surface area contributed by atoms with Crippen molar-refractivity contribution in [3.05, 3.63) is 40.3 Å². The number of hydrogen-bond donors (Lipinski definition) is 2. The van der Waals surface area contributed by atoms with Crippen molar-refractivity contribution >= 4 is 11.9 Å². The van der Waals surface area contributed by atoms with Gasteiger partial charge in [0.2, 0.25) is 11.9 Å². The molecule has 0 saturated carbocycles. The highest BCUT2D eigenvalue weighted by Crippen LogP contribution is 2.20. The lowest BCUT2D eigenvalue weighted by Gasteiger charge is -2.33. The van der Waals surface area contributed by atoms with Crippen molar-refractivity contribution in [3.63, 3.8) is 0 Å². The number of carbonyl (C=O) groups is 1. The molecule has 1 aliphatic carbocycles. The minimum Gasteiger partial charge on any atom is -0.353 e. The highest BCUT2D eigenvalue weighted by Gasteiger charge is 2.24. The summed E-state index contributed by atoms with van der Waals surface area (Å²) in [4.78, 5) is 38.3. The van der Waals surface area contributed by atoms with Crippen LogP contribution in [0.25, 0.3) is 0 Å². The van der Waals surface area contributed by atoms with Gasteiger partial charge in [0.15, 0.2) is 0 Å². The van der Waals surface area contributed by atoms with Gasteiger partial charge in [0.05, 0.1) is 12.0 Å². The van der Waals surface area contributed by atoms with Gasteiger partial charge in [-0.15, -0.1) is 0 Å². The first-order valence-corrected chi connectivity index (χ1v) is 9.81. The number of carbonyl (C=O) groups excluding carboxylic acids is 1. The number of piperidine rings is 1. The van der Waals surface area contributed by atoms with Gasteiger partial charge in [-0.3, -0.25) is 14.6 Å². The van der Waals surface area contributed by atoms with Crippen LogP contribution in [0.1, 0.15) is 43.4 Å². The van der Waals surface area contributed by atoms with E-state index in [4.69, 9.17) is 4.98 Å². The highest BCUT2D eigenvalue weighted by atomic mass is 16.1. The van der Waals surface area contributed by atoms with Crippen LogP contribution in [-0.4, -0.2) is 44.6 Å².